The Morgan fingerprint density at radius 1 is 0.933 bits per heavy atom. The monoisotopic (exact) mass is 619 g/mol. The van der Waals surface area contributed by atoms with Crippen LogP contribution in [0.4, 0.5) is 21.6 Å². The molecule has 0 aliphatic rings. The summed E-state index contributed by atoms with van der Waals surface area (Å²) in [5, 5.41) is 8.52. The highest BCUT2D eigenvalue weighted by Gasteiger charge is 2.24. The molecule has 240 valence electrons. The number of nitrogens with zero attached hydrogens (tertiary/aromatic N) is 1. The number of pyridine rings is 1. The molecule has 3 aromatic carbocycles. The number of nitrogens with two attached hydrogens (primary N) is 1. The average molecular weight is 620 g/mol. The number of benzene rings is 3. The normalized spacial score (nSPS) is 9.91. The predicted octanol–water partition coefficient (Wildman–Crippen LogP) is 6.18. The Hall–Kier alpha value is -5.16. The number of carbonyl (C=O) groups is 2. The van der Waals surface area contributed by atoms with Gasteiger partial charge in [-0.2, -0.15) is 0 Å². The standard InChI is InChI=1S/C31H31FN4O5.C2H6.CH5N/c1-18-9-14-25(23(32)15-18)35-30-29(31(39)33-17-21-10-12-22(40-5)13-11-21)27(16-28(38)36(30)4)41-26-8-6-7-24(19(26)2)34-20(3)37;2*1-2/h6-16,35H,17H2,1-5H3,(H,33,39)(H,34,37);1-2H3;2H2,1H3. The Labute approximate surface area is 263 Å². The van der Waals surface area contributed by atoms with Crippen molar-refractivity contribution in [3.05, 3.63) is 105 Å². The largest absolute Gasteiger partial charge is 0.497 e. The van der Waals surface area contributed by atoms with E-state index >= 15 is 0 Å². The second kappa shape index (κ2) is 17.2. The fourth-order valence-electron chi connectivity index (χ4n) is 4.15. The molecule has 5 N–H and O–H groups in total. The van der Waals surface area contributed by atoms with Crippen molar-refractivity contribution in [3.8, 4) is 17.2 Å². The van der Waals surface area contributed by atoms with E-state index < -0.39 is 17.3 Å². The van der Waals surface area contributed by atoms with Gasteiger partial charge in [-0.15, -0.1) is 0 Å². The lowest BCUT2D eigenvalue weighted by molar-refractivity contribution is -0.114. The number of hydrogen-bond donors (Lipinski definition) is 4. The molecule has 10 nitrogen and oxygen atoms in total. The summed E-state index contributed by atoms with van der Waals surface area (Å²) in [6, 6.07) is 18.0. The molecule has 0 atom stereocenters. The molecule has 0 spiro atoms. The molecule has 0 saturated heterocycles. The van der Waals surface area contributed by atoms with Crippen molar-refractivity contribution >= 4 is 29.0 Å². The first-order chi connectivity index (χ1) is 21.6. The van der Waals surface area contributed by atoms with E-state index in [9.17, 15) is 18.8 Å². The zero-order valence-corrected chi connectivity index (χ0v) is 27.0. The van der Waals surface area contributed by atoms with E-state index in [1.807, 2.05) is 26.0 Å². The molecule has 4 rings (SSSR count). The minimum absolute atomic E-state index is 0.00934. The topological polar surface area (TPSA) is 137 Å². The van der Waals surface area contributed by atoms with Crippen LogP contribution in [0.25, 0.3) is 0 Å². The summed E-state index contributed by atoms with van der Waals surface area (Å²) in [7, 11) is 4.54. The van der Waals surface area contributed by atoms with E-state index in [0.717, 1.165) is 5.56 Å². The van der Waals surface area contributed by atoms with Crippen LogP contribution in [0, 0.1) is 19.7 Å². The summed E-state index contributed by atoms with van der Waals surface area (Å²) in [5.74, 6) is -0.372. The number of carbonyl (C=O) groups excluding carboxylic acids is 2. The molecule has 0 saturated carbocycles. The first-order valence-electron chi connectivity index (χ1n) is 14.4. The van der Waals surface area contributed by atoms with Gasteiger partial charge in [0.25, 0.3) is 11.5 Å². The quantitative estimate of drug-likeness (QED) is 0.176. The number of aromatic nitrogens is 1. The average Bonchev–Trinajstić information content (AvgIpc) is 3.03. The van der Waals surface area contributed by atoms with Crippen LogP contribution in [-0.4, -0.2) is 30.5 Å². The number of methoxy groups -OCH3 is 1. The fraction of sp³-hybridized carbons (Fsp3) is 0.265. The molecule has 0 aliphatic carbocycles. The lowest BCUT2D eigenvalue weighted by Gasteiger charge is -2.20. The van der Waals surface area contributed by atoms with E-state index in [1.165, 1.54) is 43.8 Å². The molecule has 4 aromatic rings. The third-order valence-corrected chi connectivity index (χ3v) is 6.44. The molecule has 0 aliphatic heterocycles. The van der Waals surface area contributed by atoms with E-state index in [1.54, 1.807) is 57.4 Å². The molecule has 0 bridgehead atoms. The maximum atomic E-state index is 14.9. The van der Waals surface area contributed by atoms with Crippen molar-refractivity contribution in [2.75, 3.05) is 24.8 Å². The van der Waals surface area contributed by atoms with Crippen LogP contribution in [0.15, 0.2) is 71.5 Å². The predicted molar refractivity (Wildman–Crippen MR) is 177 cm³/mol. The maximum Gasteiger partial charge on any atom is 0.259 e. The van der Waals surface area contributed by atoms with Gasteiger partial charge in [-0.1, -0.05) is 38.1 Å². The molecule has 11 heteroatoms. The SMILES string of the molecule is CC.CN.COc1ccc(CNC(=O)c2c(Oc3cccc(NC(C)=O)c3C)cc(=O)n(C)c2Nc2ccc(C)cc2F)cc1. The maximum absolute atomic E-state index is 14.9. The minimum Gasteiger partial charge on any atom is -0.497 e. The van der Waals surface area contributed by atoms with Crippen LogP contribution in [0.2, 0.25) is 0 Å². The van der Waals surface area contributed by atoms with Crippen LogP contribution < -0.4 is 36.7 Å². The van der Waals surface area contributed by atoms with Gasteiger partial charge in [0.1, 0.15) is 34.4 Å². The van der Waals surface area contributed by atoms with Crippen molar-refractivity contribution in [1.29, 1.82) is 0 Å². The Morgan fingerprint density at radius 3 is 2.20 bits per heavy atom. The molecule has 1 aromatic heterocycles. The molecule has 0 unspecified atom stereocenters. The van der Waals surface area contributed by atoms with Crippen molar-refractivity contribution in [1.82, 2.24) is 9.88 Å². The van der Waals surface area contributed by atoms with Crippen LogP contribution in [0.1, 0.15) is 47.8 Å². The minimum atomic E-state index is -0.558. The number of ether oxygens (including phenoxy) is 2. The van der Waals surface area contributed by atoms with Crippen molar-refractivity contribution in [2.45, 2.75) is 41.2 Å². The Bertz CT molecular complexity index is 1670. The molecule has 45 heavy (non-hydrogen) atoms. The summed E-state index contributed by atoms with van der Waals surface area (Å²) >= 11 is 0. The molecule has 1 heterocycles. The molecular weight excluding hydrogens is 577 g/mol. The summed E-state index contributed by atoms with van der Waals surface area (Å²) in [6.07, 6.45) is 0. The number of amides is 2. The zero-order valence-electron chi connectivity index (χ0n) is 27.0. The highest BCUT2D eigenvalue weighted by Crippen LogP contribution is 2.35. The number of anilines is 3. The summed E-state index contributed by atoms with van der Waals surface area (Å²) < 4.78 is 27.4. The van der Waals surface area contributed by atoms with Gasteiger partial charge in [0.2, 0.25) is 5.91 Å². The molecule has 2 amide bonds. The Morgan fingerprint density at radius 2 is 1.60 bits per heavy atom. The first-order valence-corrected chi connectivity index (χ1v) is 14.4. The number of aryl methyl sites for hydroxylation is 1. The van der Waals surface area contributed by atoms with Gasteiger partial charge >= 0.3 is 0 Å². The fourth-order valence-corrected chi connectivity index (χ4v) is 4.15. The number of hydrogen-bond acceptors (Lipinski definition) is 7. The highest BCUT2D eigenvalue weighted by atomic mass is 19.1. The van der Waals surface area contributed by atoms with E-state index in [4.69, 9.17) is 9.47 Å². The Balaban J connectivity index is 0.00000169. The smallest absolute Gasteiger partial charge is 0.259 e. The van der Waals surface area contributed by atoms with E-state index in [0.29, 0.717) is 28.3 Å². The van der Waals surface area contributed by atoms with Gasteiger partial charge in [0.15, 0.2) is 0 Å². The number of nitrogens with one attached hydrogen (secondary N) is 3. The lowest BCUT2D eigenvalue weighted by atomic mass is 10.1. The molecule has 0 radical (unpaired) electrons. The second-order valence-corrected chi connectivity index (χ2v) is 9.48. The summed E-state index contributed by atoms with van der Waals surface area (Å²) in [6.45, 7) is 9.06. The number of rotatable bonds is 9. The van der Waals surface area contributed by atoms with Gasteiger partial charge in [-0.3, -0.25) is 19.0 Å². The van der Waals surface area contributed by atoms with Crippen molar-refractivity contribution in [2.24, 2.45) is 12.8 Å². The van der Waals surface area contributed by atoms with Crippen molar-refractivity contribution in [3.63, 3.8) is 0 Å². The first kappa shape index (κ1) is 36.0. The number of halogens is 1. The van der Waals surface area contributed by atoms with Gasteiger partial charge < -0.3 is 31.2 Å². The van der Waals surface area contributed by atoms with Gasteiger partial charge in [0, 0.05) is 37.8 Å². The van der Waals surface area contributed by atoms with Crippen LogP contribution >= 0.6 is 0 Å². The van der Waals surface area contributed by atoms with Crippen LogP contribution in [-0.2, 0) is 18.4 Å². The summed E-state index contributed by atoms with van der Waals surface area (Å²) in [4.78, 5) is 38.4. The van der Waals surface area contributed by atoms with Gasteiger partial charge in [-0.05, 0) is 68.4 Å². The molecule has 0 fully saturated rings. The lowest BCUT2D eigenvalue weighted by Crippen LogP contribution is -2.29. The summed E-state index contributed by atoms with van der Waals surface area (Å²) in [5.41, 5.74) is 6.71. The zero-order chi connectivity index (χ0) is 33.7. The van der Waals surface area contributed by atoms with Gasteiger partial charge in [-0.25, -0.2) is 4.39 Å². The molecular formula is C34H42FN5O5. The van der Waals surface area contributed by atoms with Crippen LogP contribution in [0.5, 0.6) is 17.2 Å². The highest BCUT2D eigenvalue weighted by molar-refractivity contribution is 6.02. The van der Waals surface area contributed by atoms with Gasteiger partial charge in [0.05, 0.1) is 12.8 Å². The second-order valence-electron chi connectivity index (χ2n) is 9.48. The van der Waals surface area contributed by atoms with E-state index in [2.05, 4.69) is 21.7 Å². The van der Waals surface area contributed by atoms with E-state index in [-0.39, 0.29) is 35.3 Å². The third-order valence-electron chi connectivity index (χ3n) is 6.44. The van der Waals surface area contributed by atoms with Crippen LogP contribution in [0.3, 0.4) is 0 Å². The Kier molecular flexibility index (Phi) is 13.8. The van der Waals surface area contributed by atoms with Crippen molar-refractivity contribution < 1.29 is 23.5 Å². The third kappa shape index (κ3) is 9.41.